The van der Waals surface area contributed by atoms with Crippen LogP contribution in [0.2, 0.25) is 5.02 Å². The molecule has 1 heterocycles. The predicted molar refractivity (Wildman–Crippen MR) is 124 cm³/mol. The van der Waals surface area contributed by atoms with E-state index in [9.17, 15) is 17.6 Å². The van der Waals surface area contributed by atoms with Gasteiger partial charge in [-0.1, -0.05) is 24.9 Å². The molecule has 1 aromatic heterocycles. The van der Waals surface area contributed by atoms with Crippen molar-refractivity contribution < 1.29 is 12.8 Å². The molecule has 0 saturated carbocycles. The minimum Gasteiger partial charge on any atom is -0.370 e. The molecule has 5 nitrogen and oxygen atoms in total. The summed E-state index contributed by atoms with van der Waals surface area (Å²) >= 11 is 5.87. The van der Waals surface area contributed by atoms with E-state index in [0.717, 1.165) is 18.9 Å². The Labute approximate surface area is 187 Å². The topological polar surface area (TPSA) is 59.4 Å². The van der Waals surface area contributed by atoms with Crippen LogP contribution >= 0.6 is 11.6 Å². The Morgan fingerprint density at radius 2 is 1.71 bits per heavy atom. The number of hydrogen-bond donors (Lipinski definition) is 0. The maximum absolute atomic E-state index is 14.9. The fraction of sp³-hybridized carbons (Fsp3) is 0.348. The maximum Gasteiger partial charge on any atom is 0.211 e. The maximum atomic E-state index is 14.9. The van der Waals surface area contributed by atoms with E-state index in [2.05, 4.69) is 0 Å². The standard InChI is InChI=1S/C23H26ClFN2O3S/c1-4-7-12-27-15-22(31(29,30)17-10-8-16(24)9-11-17)23(28)18-13-19(25)21(14-20(18)27)26(5-2)6-3/h8-11,13-15H,4-7,12H2,1-3H3. The van der Waals surface area contributed by atoms with Gasteiger partial charge in [-0.15, -0.1) is 0 Å². The second-order valence-electron chi connectivity index (χ2n) is 7.32. The van der Waals surface area contributed by atoms with E-state index in [1.165, 1.54) is 30.5 Å². The monoisotopic (exact) mass is 464 g/mol. The molecule has 0 N–H and O–H groups in total. The molecule has 3 aromatic rings. The fourth-order valence-electron chi connectivity index (χ4n) is 3.62. The molecule has 8 heteroatoms. The molecule has 166 valence electrons. The summed E-state index contributed by atoms with van der Waals surface area (Å²) in [5, 5.41) is 0.448. The molecule has 0 atom stereocenters. The average Bonchev–Trinajstić information content (AvgIpc) is 2.75. The number of benzene rings is 2. The molecule has 0 radical (unpaired) electrons. The molecule has 0 aliphatic carbocycles. The highest BCUT2D eigenvalue weighted by Crippen LogP contribution is 2.28. The van der Waals surface area contributed by atoms with Crippen LogP contribution in [0, 0.1) is 5.82 Å². The molecular weight excluding hydrogens is 439 g/mol. The van der Waals surface area contributed by atoms with Crippen LogP contribution in [0.1, 0.15) is 33.6 Å². The Morgan fingerprint density at radius 1 is 1.06 bits per heavy atom. The Kier molecular flexibility index (Phi) is 7.06. The van der Waals surface area contributed by atoms with Crippen molar-refractivity contribution in [2.24, 2.45) is 0 Å². The molecule has 0 aliphatic rings. The number of hydrogen-bond acceptors (Lipinski definition) is 4. The Balaban J connectivity index is 2.32. The number of pyridine rings is 1. The fourth-order valence-corrected chi connectivity index (χ4v) is 5.12. The lowest BCUT2D eigenvalue weighted by atomic mass is 10.1. The normalized spacial score (nSPS) is 11.8. The number of rotatable bonds is 8. The Morgan fingerprint density at radius 3 is 2.29 bits per heavy atom. The van der Waals surface area contributed by atoms with Gasteiger partial charge in [0.05, 0.1) is 21.5 Å². The van der Waals surface area contributed by atoms with Crippen LogP contribution in [0.5, 0.6) is 0 Å². The van der Waals surface area contributed by atoms with Crippen molar-refractivity contribution in [3.8, 4) is 0 Å². The van der Waals surface area contributed by atoms with Crippen LogP contribution in [-0.2, 0) is 16.4 Å². The van der Waals surface area contributed by atoms with Gasteiger partial charge in [0.2, 0.25) is 15.3 Å². The summed E-state index contributed by atoms with van der Waals surface area (Å²) in [6, 6.07) is 8.45. The smallest absolute Gasteiger partial charge is 0.211 e. The Hall–Kier alpha value is -2.38. The van der Waals surface area contributed by atoms with E-state index in [1.54, 1.807) is 10.6 Å². The molecule has 31 heavy (non-hydrogen) atoms. The summed E-state index contributed by atoms with van der Waals surface area (Å²) in [5.41, 5.74) is 0.218. The first kappa shape index (κ1) is 23.3. The van der Waals surface area contributed by atoms with Crippen molar-refractivity contribution in [3.05, 3.63) is 63.7 Å². The summed E-state index contributed by atoms with van der Waals surface area (Å²) in [5.74, 6) is -0.545. The minimum absolute atomic E-state index is 0.0318. The van der Waals surface area contributed by atoms with Crippen molar-refractivity contribution in [1.29, 1.82) is 0 Å². The Bertz CT molecular complexity index is 1250. The van der Waals surface area contributed by atoms with Crippen LogP contribution in [-0.4, -0.2) is 26.1 Å². The third-order valence-corrected chi connectivity index (χ3v) is 7.40. The van der Waals surface area contributed by atoms with E-state index in [1.807, 2.05) is 25.7 Å². The number of fused-ring (bicyclic) bond motifs is 1. The van der Waals surface area contributed by atoms with Crippen molar-refractivity contribution in [2.75, 3.05) is 18.0 Å². The minimum atomic E-state index is -4.10. The molecule has 0 unspecified atom stereocenters. The van der Waals surface area contributed by atoms with Gasteiger partial charge in [-0.25, -0.2) is 12.8 Å². The van der Waals surface area contributed by atoms with Gasteiger partial charge in [-0.3, -0.25) is 4.79 Å². The molecule has 0 bridgehead atoms. The summed E-state index contributed by atoms with van der Waals surface area (Å²) in [7, 11) is -4.10. The lowest BCUT2D eigenvalue weighted by Gasteiger charge is -2.23. The van der Waals surface area contributed by atoms with Crippen LogP contribution in [0.15, 0.2) is 57.2 Å². The molecule has 2 aromatic carbocycles. The number of anilines is 1. The van der Waals surface area contributed by atoms with Gasteiger partial charge < -0.3 is 9.47 Å². The molecular formula is C23H26ClFN2O3S. The first-order valence-electron chi connectivity index (χ1n) is 10.4. The van der Waals surface area contributed by atoms with Crippen LogP contribution in [0.3, 0.4) is 0 Å². The number of aryl methyl sites for hydroxylation is 1. The highest BCUT2D eigenvalue weighted by atomic mass is 35.5. The van der Waals surface area contributed by atoms with Gasteiger partial charge in [0.15, 0.2) is 0 Å². The van der Waals surface area contributed by atoms with Crippen LogP contribution in [0.25, 0.3) is 10.9 Å². The summed E-state index contributed by atoms with van der Waals surface area (Å²) in [6.07, 6.45) is 3.06. The van der Waals surface area contributed by atoms with Gasteiger partial charge in [0, 0.05) is 30.9 Å². The third-order valence-electron chi connectivity index (χ3n) is 5.39. The highest BCUT2D eigenvalue weighted by molar-refractivity contribution is 7.91. The second-order valence-corrected chi connectivity index (χ2v) is 9.67. The second kappa shape index (κ2) is 9.40. The van der Waals surface area contributed by atoms with Gasteiger partial charge in [0.1, 0.15) is 10.7 Å². The number of aromatic nitrogens is 1. The first-order chi connectivity index (χ1) is 14.7. The zero-order chi connectivity index (χ0) is 22.8. The number of halogens is 2. The third kappa shape index (κ3) is 4.48. The van der Waals surface area contributed by atoms with Crippen LogP contribution in [0.4, 0.5) is 10.1 Å². The lowest BCUT2D eigenvalue weighted by molar-refractivity contribution is 0.590. The van der Waals surface area contributed by atoms with Crippen LogP contribution < -0.4 is 10.3 Å². The van der Waals surface area contributed by atoms with Crippen molar-refractivity contribution in [3.63, 3.8) is 0 Å². The molecule has 0 fully saturated rings. The average molecular weight is 465 g/mol. The van der Waals surface area contributed by atoms with E-state index < -0.39 is 21.1 Å². The predicted octanol–water partition coefficient (Wildman–Crippen LogP) is 5.27. The number of unbranched alkanes of at least 4 members (excludes halogenated alkanes) is 1. The van der Waals surface area contributed by atoms with Gasteiger partial charge >= 0.3 is 0 Å². The van der Waals surface area contributed by atoms with Gasteiger partial charge in [-0.05, 0) is 56.7 Å². The van der Waals surface area contributed by atoms with Crippen molar-refractivity contribution >= 4 is 38.0 Å². The summed E-state index contributed by atoms with van der Waals surface area (Å²) in [4.78, 5) is 14.7. The SMILES string of the molecule is CCCCn1cc(S(=O)(=O)c2ccc(Cl)cc2)c(=O)c2cc(F)c(N(CC)CC)cc21. The van der Waals surface area contributed by atoms with E-state index >= 15 is 0 Å². The highest BCUT2D eigenvalue weighted by Gasteiger charge is 2.25. The largest absolute Gasteiger partial charge is 0.370 e. The lowest BCUT2D eigenvalue weighted by Crippen LogP contribution is -2.24. The molecule has 0 amide bonds. The molecule has 0 aliphatic heterocycles. The molecule has 3 rings (SSSR count). The molecule has 0 saturated heterocycles. The summed E-state index contributed by atoms with van der Waals surface area (Å²) < 4.78 is 43.2. The van der Waals surface area contributed by atoms with Gasteiger partial charge in [-0.2, -0.15) is 0 Å². The number of sulfone groups is 1. The van der Waals surface area contributed by atoms with E-state index in [0.29, 0.717) is 35.9 Å². The van der Waals surface area contributed by atoms with Crippen molar-refractivity contribution in [2.45, 2.75) is 49.9 Å². The zero-order valence-electron chi connectivity index (χ0n) is 17.9. The zero-order valence-corrected chi connectivity index (χ0v) is 19.4. The van der Waals surface area contributed by atoms with E-state index in [4.69, 9.17) is 11.6 Å². The number of nitrogens with zero attached hydrogens (tertiary/aromatic N) is 2. The van der Waals surface area contributed by atoms with Crippen molar-refractivity contribution in [1.82, 2.24) is 4.57 Å². The quantitative estimate of drug-likeness (QED) is 0.455. The van der Waals surface area contributed by atoms with E-state index in [-0.39, 0.29) is 15.2 Å². The summed E-state index contributed by atoms with van der Waals surface area (Å²) in [6.45, 7) is 7.62. The molecule has 0 spiro atoms. The first-order valence-corrected chi connectivity index (χ1v) is 12.2. The van der Waals surface area contributed by atoms with Gasteiger partial charge in [0.25, 0.3) is 0 Å².